The summed E-state index contributed by atoms with van der Waals surface area (Å²) in [5.74, 6) is 0.866. The average molecular weight is 297 g/mol. The van der Waals surface area contributed by atoms with E-state index in [-0.39, 0.29) is 0 Å². The van der Waals surface area contributed by atoms with Crippen LogP contribution in [-0.2, 0) is 4.74 Å². The van der Waals surface area contributed by atoms with Gasteiger partial charge in [-0.25, -0.2) is 0 Å². The van der Waals surface area contributed by atoms with E-state index in [2.05, 4.69) is 22.9 Å². The molecular weight excluding hydrogens is 278 g/mol. The Morgan fingerprint density at radius 2 is 2.00 bits per heavy atom. The fourth-order valence-electron chi connectivity index (χ4n) is 3.17. The number of H-pyrrole nitrogens is 1. The molecule has 1 fully saturated rings. The molecule has 0 amide bonds. The maximum absolute atomic E-state index is 5.41. The number of aromatic amines is 1. The third-order valence-corrected chi connectivity index (χ3v) is 4.30. The van der Waals surface area contributed by atoms with Crippen molar-refractivity contribution in [2.75, 3.05) is 38.3 Å². The van der Waals surface area contributed by atoms with Crippen molar-refractivity contribution in [3.63, 3.8) is 0 Å². The number of morpholine rings is 1. The first-order valence-electron chi connectivity index (χ1n) is 7.55. The highest BCUT2D eigenvalue weighted by atomic mass is 16.5. The Balaban J connectivity index is 1.86. The van der Waals surface area contributed by atoms with Crippen LogP contribution in [0.5, 0.6) is 5.75 Å². The Hall–Kier alpha value is -2.27. The van der Waals surface area contributed by atoms with Gasteiger partial charge in [0.05, 0.1) is 48.8 Å². The van der Waals surface area contributed by atoms with Crippen molar-refractivity contribution in [2.45, 2.75) is 6.92 Å². The molecule has 2 aromatic heterocycles. The number of fused-ring (bicyclic) bond motifs is 3. The lowest BCUT2D eigenvalue weighted by Gasteiger charge is -2.28. The molecule has 22 heavy (non-hydrogen) atoms. The largest absolute Gasteiger partial charge is 0.497 e. The van der Waals surface area contributed by atoms with Gasteiger partial charge in [-0.15, -0.1) is 0 Å². The molecule has 5 nitrogen and oxygen atoms in total. The van der Waals surface area contributed by atoms with Crippen LogP contribution in [0.1, 0.15) is 5.56 Å². The smallest absolute Gasteiger partial charge is 0.121 e. The van der Waals surface area contributed by atoms with Gasteiger partial charge in [0, 0.05) is 24.5 Å². The second-order valence-electron chi connectivity index (χ2n) is 5.68. The van der Waals surface area contributed by atoms with E-state index < -0.39 is 0 Å². The van der Waals surface area contributed by atoms with Gasteiger partial charge in [-0.05, 0) is 24.6 Å². The Kier molecular flexibility index (Phi) is 3.15. The van der Waals surface area contributed by atoms with Gasteiger partial charge >= 0.3 is 0 Å². The predicted octanol–water partition coefficient (Wildman–Crippen LogP) is 2.87. The van der Waals surface area contributed by atoms with Crippen molar-refractivity contribution in [1.82, 2.24) is 9.97 Å². The van der Waals surface area contributed by atoms with Gasteiger partial charge in [0.15, 0.2) is 0 Å². The monoisotopic (exact) mass is 297 g/mol. The van der Waals surface area contributed by atoms with Crippen molar-refractivity contribution >= 4 is 27.6 Å². The maximum atomic E-state index is 5.41. The number of methoxy groups -OCH3 is 1. The van der Waals surface area contributed by atoms with Gasteiger partial charge in [0.25, 0.3) is 0 Å². The van der Waals surface area contributed by atoms with E-state index in [1.807, 2.05) is 18.3 Å². The van der Waals surface area contributed by atoms with Crippen LogP contribution >= 0.6 is 0 Å². The van der Waals surface area contributed by atoms with Gasteiger partial charge in [0.1, 0.15) is 5.75 Å². The van der Waals surface area contributed by atoms with E-state index in [4.69, 9.17) is 14.5 Å². The Morgan fingerprint density at radius 3 is 2.77 bits per heavy atom. The van der Waals surface area contributed by atoms with Crippen LogP contribution in [0, 0.1) is 6.92 Å². The van der Waals surface area contributed by atoms with Gasteiger partial charge in [0.2, 0.25) is 0 Å². The molecule has 0 saturated carbocycles. The number of nitrogens with one attached hydrogen (secondary N) is 1. The third kappa shape index (κ3) is 2.09. The van der Waals surface area contributed by atoms with Crippen LogP contribution in [-0.4, -0.2) is 43.4 Å². The number of pyridine rings is 1. The fraction of sp³-hybridized carbons (Fsp3) is 0.353. The molecule has 1 saturated heterocycles. The lowest BCUT2D eigenvalue weighted by molar-refractivity contribution is 0.122. The predicted molar refractivity (Wildman–Crippen MR) is 87.9 cm³/mol. The first-order valence-corrected chi connectivity index (χ1v) is 7.55. The summed E-state index contributed by atoms with van der Waals surface area (Å²) in [7, 11) is 1.69. The number of anilines is 1. The summed E-state index contributed by atoms with van der Waals surface area (Å²) in [4.78, 5) is 10.5. The van der Waals surface area contributed by atoms with Crippen molar-refractivity contribution in [3.05, 3.63) is 30.0 Å². The third-order valence-electron chi connectivity index (χ3n) is 4.30. The minimum absolute atomic E-state index is 0.779. The van der Waals surface area contributed by atoms with Crippen molar-refractivity contribution in [1.29, 1.82) is 0 Å². The second kappa shape index (κ2) is 5.18. The Labute approximate surface area is 128 Å². The van der Waals surface area contributed by atoms with E-state index >= 15 is 0 Å². The minimum atomic E-state index is 0.779. The lowest BCUT2D eigenvalue weighted by atomic mass is 10.1. The summed E-state index contributed by atoms with van der Waals surface area (Å²) in [6.45, 7) is 5.48. The number of rotatable bonds is 2. The van der Waals surface area contributed by atoms with Gasteiger partial charge in [-0.1, -0.05) is 0 Å². The molecule has 3 heterocycles. The highest BCUT2D eigenvalue weighted by Crippen LogP contribution is 2.32. The summed E-state index contributed by atoms with van der Waals surface area (Å²) in [6.07, 6.45) is 1.96. The molecule has 5 heteroatoms. The quantitative estimate of drug-likeness (QED) is 0.790. The summed E-state index contributed by atoms with van der Waals surface area (Å²) in [5.41, 5.74) is 5.47. The topological polar surface area (TPSA) is 50.4 Å². The highest BCUT2D eigenvalue weighted by molar-refractivity contribution is 6.07. The van der Waals surface area contributed by atoms with E-state index in [0.717, 1.165) is 54.3 Å². The Morgan fingerprint density at radius 1 is 1.18 bits per heavy atom. The average Bonchev–Trinajstić information content (AvgIpc) is 2.93. The van der Waals surface area contributed by atoms with Crippen molar-refractivity contribution in [2.24, 2.45) is 0 Å². The molecule has 0 spiro atoms. The zero-order valence-corrected chi connectivity index (χ0v) is 12.8. The lowest BCUT2D eigenvalue weighted by Crippen LogP contribution is -2.36. The zero-order valence-electron chi connectivity index (χ0n) is 12.8. The number of nitrogens with zero attached hydrogens (tertiary/aromatic N) is 2. The van der Waals surface area contributed by atoms with E-state index in [1.54, 1.807) is 7.11 Å². The Bertz CT molecular complexity index is 835. The molecule has 1 aromatic carbocycles. The molecular formula is C17H19N3O2. The molecule has 0 atom stereocenters. The van der Waals surface area contributed by atoms with Crippen LogP contribution in [0.4, 0.5) is 5.69 Å². The molecule has 114 valence electrons. The van der Waals surface area contributed by atoms with Crippen LogP contribution in [0.15, 0.2) is 24.4 Å². The summed E-state index contributed by atoms with van der Waals surface area (Å²) in [5, 5.41) is 1.17. The van der Waals surface area contributed by atoms with Crippen LogP contribution in [0.2, 0.25) is 0 Å². The van der Waals surface area contributed by atoms with Gasteiger partial charge < -0.3 is 19.4 Å². The van der Waals surface area contributed by atoms with Gasteiger partial charge in [-0.2, -0.15) is 0 Å². The molecule has 0 aliphatic carbocycles. The maximum Gasteiger partial charge on any atom is 0.121 e. The molecule has 0 bridgehead atoms. The molecule has 0 radical (unpaired) electrons. The number of benzene rings is 1. The second-order valence-corrected chi connectivity index (χ2v) is 5.68. The first kappa shape index (κ1) is 13.4. The number of aryl methyl sites for hydroxylation is 1. The molecule has 1 N–H and O–H groups in total. The minimum Gasteiger partial charge on any atom is -0.497 e. The van der Waals surface area contributed by atoms with Crippen molar-refractivity contribution < 1.29 is 9.47 Å². The van der Waals surface area contributed by atoms with Crippen LogP contribution < -0.4 is 9.64 Å². The standard InChI is InChI=1S/C17H19N3O2/c1-11-7-13(21-2)9-14-16(11)17-15(19-14)8-12(10-18-17)20-3-5-22-6-4-20/h7-10,19H,3-6H2,1-2H3. The van der Waals surface area contributed by atoms with Crippen LogP contribution in [0.25, 0.3) is 21.9 Å². The highest BCUT2D eigenvalue weighted by Gasteiger charge is 2.15. The summed E-state index contributed by atoms with van der Waals surface area (Å²) in [6, 6.07) is 6.26. The zero-order chi connectivity index (χ0) is 15.1. The van der Waals surface area contributed by atoms with E-state index in [0.29, 0.717) is 0 Å². The summed E-state index contributed by atoms with van der Waals surface area (Å²) >= 11 is 0. The fourth-order valence-corrected chi connectivity index (χ4v) is 3.17. The normalized spacial score (nSPS) is 15.6. The molecule has 1 aliphatic heterocycles. The SMILES string of the molecule is COc1cc(C)c2c(c1)[nH]c1cc(N3CCOCC3)cnc12. The van der Waals surface area contributed by atoms with Gasteiger partial charge in [-0.3, -0.25) is 4.98 Å². The molecule has 3 aromatic rings. The number of aromatic nitrogens is 2. The van der Waals surface area contributed by atoms with E-state index in [1.165, 1.54) is 10.9 Å². The molecule has 0 unspecified atom stereocenters. The number of hydrogen-bond donors (Lipinski definition) is 1. The first-order chi connectivity index (χ1) is 10.8. The molecule has 1 aliphatic rings. The molecule has 4 rings (SSSR count). The van der Waals surface area contributed by atoms with E-state index in [9.17, 15) is 0 Å². The number of hydrogen-bond acceptors (Lipinski definition) is 4. The van der Waals surface area contributed by atoms with Crippen molar-refractivity contribution in [3.8, 4) is 5.75 Å². The van der Waals surface area contributed by atoms with Crippen LogP contribution in [0.3, 0.4) is 0 Å². The number of ether oxygens (including phenoxy) is 2. The summed E-state index contributed by atoms with van der Waals surface area (Å²) < 4.78 is 10.8.